The number of hydrogen-bond acceptors (Lipinski definition) is 4. The van der Waals surface area contributed by atoms with Crippen molar-refractivity contribution in [3.63, 3.8) is 0 Å². The number of carbonyl (C=O) groups excluding carboxylic acids is 2. The molecule has 7 heteroatoms. The highest BCUT2D eigenvalue weighted by Gasteiger charge is 2.33. The third-order valence-electron chi connectivity index (χ3n) is 3.18. The van der Waals surface area contributed by atoms with Crippen LogP contribution < -0.4 is 5.32 Å². The Morgan fingerprint density at radius 3 is 2.85 bits per heavy atom. The predicted molar refractivity (Wildman–Crippen MR) is 70.6 cm³/mol. The molecule has 6 nitrogen and oxygen atoms in total. The highest BCUT2D eigenvalue weighted by atomic mass is 19.1. The maximum atomic E-state index is 13.2. The summed E-state index contributed by atoms with van der Waals surface area (Å²) in [6, 6.07) is 0.559. The van der Waals surface area contributed by atoms with Crippen LogP contribution in [0.3, 0.4) is 0 Å². The normalized spacial score (nSPS) is 18.8. The van der Waals surface area contributed by atoms with Crippen molar-refractivity contribution < 1.29 is 14.0 Å². The number of carbonyl (C=O) groups is 2. The van der Waals surface area contributed by atoms with E-state index in [1.807, 2.05) is 0 Å². The monoisotopic (exact) mass is 280 g/mol. The van der Waals surface area contributed by atoms with E-state index >= 15 is 0 Å². The van der Waals surface area contributed by atoms with Gasteiger partial charge in [0.2, 0.25) is 5.91 Å². The Morgan fingerprint density at radius 1 is 1.45 bits per heavy atom. The first-order valence-electron chi connectivity index (χ1n) is 6.34. The van der Waals surface area contributed by atoms with Gasteiger partial charge in [-0.15, -0.1) is 0 Å². The molecule has 2 heterocycles. The molecule has 1 saturated heterocycles. The summed E-state index contributed by atoms with van der Waals surface area (Å²) in [5.41, 5.74) is 0.156. The molecule has 1 atom stereocenters. The van der Waals surface area contributed by atoms with Crippen LogP contribution in [0, 0.1) is 5.82 Å². The number of likely N-dealkylation sites (N-methyl/N-ethyl adjacent to an activating group) is 1. The summed E-state index contributed by atoms with van der Waals surface area (Å²) in [7, 11) is 3.28. The number of nitrogens with zero attached hydrogens (tertiary/aromatic N) is 3. The zero-order valence-electron chi connectivity index (χ0n) is 11.5. The molecule has 2 amide bonds. The van der Waals surface area contributed by atoms with Gasteiger partial charge in [0, 0.05) is 39.9 Å². The van der Waals surface area contributed by atoms with Gasteiger partial charge in [-0.05, 0) is 6.07 Å². The van der Waals surface area contributed by atoms with Crippen LogP contribution in [-0.4, -0.2) is 66.4 Å². The Labute approximate surface area is 116 Å². The van der Waals surface area contributed by atoms with Gasteiger partial charge in [0.25, 0.3) is 5.91 Å². The minimum Gasteiger partial charge on any atom is -0.347 e. The zero-order chi connectivity index (χ0) is 14.7. The average Bonchev–Trinajstić information content (AvgIpc) is 2.45. The summed E-state index contributed by atoms with van der Waals surface area (Å²) in [4.78, 5) is 31.1. The van der Waals surface area contributed by atoms with Gasteiger partial charge in [-0.3, -0.25) is 14.6 Å². The predicted octanol–water partition coefficient (Wildman–Crippen LogP) is -0.277. The molecule has 2 rings (SSSR count). The number of rotatable bonds is 2. The third kappa shape index (κ3) is 2.93. The lowest BCUT2D eigenvalue weighted by molar-refractivity contribution is -0.134. The Balaban J connectivity index is 2.23. The first kappa shape index (κ1) is 14.4. The van der Waals surface area contributed by atoms with Crippen molar-refractivity contribution in [2.24, 2.45) is 0 Å². The molecule has 0 spiro atoms. The summed E-state index contributed by atoms with van der Waals surface area (Å²) >= 11 is 0. The molecule has 20 heavy (non-hydrogen) atoms. The SMILES string of the molecule is CN(C)C(=O)C1CNCCN1C(=O)c1cncc(F)c1. The van der Waals surface area contributed by atoms with Gasteiger partial charge in [-0.2, -0.15) is 0 Å². The topological polar surface area (TPSA) is 65.5 Å². The molecular formula is C13H17FN4O2. The molecule has 1 aromatic rings. The fourth-order valence-electron chi connectivity index (χ4n) is 2.16. The quantitative estimate of drug-likeness (QED) is 0.809. The van der Waals surface area contributed by atoms with Gasteiger partial charge in [0.05, 0.1) is 11.8 Å². The molecule has 1 unspecified atom stereocenters. The summed E-state index contributed by atoms with van der Waals surface area (Å²) < 4.78 is 13.2. The third-order valence-corrected chi connectivity index (χ3v) is 3.18. The van der Waals surface area contributed by atoms with Crippen LogP contribution in [0.25, 0.3) is 0 Å². The van der Waals surface area contributed by atoms with Crippen LogP contribution in [0.5, 0.6) is 0 Å². The first-order chi connectivity index (χ1) is 9.50. The molecule has 1 aromatic heterocycles. The van der Waals surface area contributed by atoms with Crippen molar-refractivity contribution in [2.45, 2.75) is 6.04 Å². The van der Waals surface area contributed by atoms with E-state index in [0.29, 0.717) is 19.6 Å². The van der Waals surface area contributed by atoms with Crippen molar-refractivity contribution >= 4 is 11.8 Å². The van der Waals surface area contributed by atoms with E-state index in [9.17, 15) is 14.0 Å². The second-order valence-corrected chi connectivity index (χ2v) is 4.84. The Bertz CT molecular complexity index is 521. The highest BCUT2D eigenvalue weighted by molar-refractivity contribution is 5.97. The van der Waals surface area contributed by atoms with Crippen LogP contribution in [0.15, 0.2) is 18.5 Å². The molecule has 1 aliphatic rings. The molecule has 1 N–H and O–H groups in total. The van der Waals surface area contributed by atoms with E-state index in [1.54, 1.807) is 14.1 Å². The minimum atomic E-state index is -0.575. The standard InChI is InChI=1S/C13H17FN4O2/c1-17(2)13(20)11-8-15-3-4-18(11)12(19)9-5-10(14)7-16-6-9/h5-7,11,15H,3-4,8H2,1-2H3. The van der Waals surface area contributed by atoms with E-state index in [4.69, 9.17) is 0 Å². The van der Waals surface area contributed by atoms with Crippen LogP contribution in [-0.2, 0) is 4.79 Å². The van der Waals surface area contributed by atoms with Crippen molar-refractivity contribution in [3.05, 3.63) is 29.8 Å². The molecule has 1 fully saturated rings. The maximum Gasteiger partial charge on any atom is 0.256 e. The lowest BCUT2D eigenvalue weighted by atomic mass is 10.1. The van der Waals surface area contributed by atoms with E-state index in [-0.39, 0.29) is 17.4 Å². The summed E-state index contributed by atoms with van der Waals surface area (Å²) in [5, 5.41) is 3.09. The van der Waals surface area contributed by atoms with Crippen LogP contribution >= 0.6 is 0 Å². The molecule has 0 aromatic carbocycles. The maximum absolute atomic E-state index is 13.2. The minimum absolute atomic E-state index is 0.156. The van der Waals surface area contributed by atoms with Gasteiger partial charge < -0.3 is 15.1 Å². The smallest absolute Gasteiger partial charge is 0.256 e. The largest absolute Gasteiger partial charge is 0.347 e. The second-order valence-electron chi connectivity index (χ2n) is 4.84. The average molecular weight is 280 g/mol. The van der Waals surface area contributed by atoms with Crippen molar-refractivity contribution in [1.29, 1.82) is 0 Å². The van der Waals surface area contributed by atoms with Crippen LogP contribution in [0.4, 0.5) is 4.39 Å². The molecule has 108 valence electrons. The van der Waals surface area contributed by atoms with E-state index in [2.05, 4.69) is 10.3 Å². The number of pyridine rings is 1. The zero-order valence-corrected chi connectivity index (χ0v) is 11.5. The molecular weight excluding hydrogens is 263 g/mol. The summed E-state index contributed by atoms with van der Waals surface area (Å²) in [6.45, 7) is 1.40. The Hall–Kier alpha value is -2.02. The van der Waals surface area contributed by atoms with Crippen LogP contribution in [0.1, 0.15) is 10.4 Å². The van der Waals surface area contributed by atoms with Crippen LogP contribution in [0.2, 0.25) is 0 Å². The number of hydrogen-bond donors (Lipinski definition) is 1. The fraction of sp³-hybridized carbons (Fsp3) is 0.462. The van der Waals surface area contributed by atoms with Gasteiger partial charge in [0.1, 0.15) is 11.9 Å². The number of piperazine rings is 1. The van der Waals surface area contributed by atoms with E-state index in [1.165, 1.54) is 16.0 Å². The number of amides is 2. The fourth-order valence-corrected chi connectivity index (χ4v) is 2.16. The highest BCUT2D eigenvalue weighted by Crippen LogP contribution is 2.12. The summed E-state index contributed by atoms with van der Waals surface area (Å²) in [6.07, 6.45) is 2.35. The molecule has 0 radical (unpaired) electrons. The van der Waals surface area contributed by atoms with Gasteiger partial charge in [-0.25, -0.2) is 4.39 Å². The van der Waals surface area contributed by atoms with Gasteiger partial charge in [-0.1, -0.05) is 0 Å². The first-order valence-corrected chi connectivity index (χ1v) is 6.34. The van der Waals surface area contributed by atoms with E-state index in [0.717, 1.165) is 12.3 Å². The molecule has 0 aliphatic carbocycles. The molecule has 1 aliphatic heterocycles. The lowest BCUT2D eigenvalue weighted by Crippen LogP contribution is -2.59. The van der Waals surface area contributed by atoms with Crippen molar-refractivity contribution in [2.75, 3.05) is 33.7 Å². The van der Waals surface area contributed by atoms with Crippen molar-refractivity contribution in [3.8, 4) is 0 Å². The van der Waals surface area contributed by atoms with Crippen molar-refractivity contribution in [1.82, 2.24) is 20.1 Å². The number of halogens is 1. The molecule has 0 bridgehead atoms. The lowest BCUT2D eigenvalue weighted by Gasteiger charge is -2.36. The van der Waals surface area contributed by atoms with Gasteiger partial charge in [0.15, 0.2) is 0 Å². The second kappa shape index (κ2) is 5.96. The Morgan fingerprint density at radius 2 is 2.20 bits per heavy atom. The van der Waals surface area contributed by atoms with E-state index < -0.39 is 11.9 Å². The molecule has 0 saturated carbocycles. The Kier molecular flexibility index (Phi) is 4.29. The van der Waals surface area contributed by atoms with Gasteiger partial charge >= 0.3 is 0 Å². The number of nitrogens with one attached hydrogen (secondary N) is 1. The summed E-state index contributed by atoms with van der Waals surface area (Å²) in [5.74, 6) is -1.10. The number of aromatic nitrogens is 1.